The van der Waals surface area contributed by atoms with Crippen LogP contribution in [0.1, 0.15) is 51.4 Å². The van der Waals surface area contributed by atoms with E-state index in [2.05, 4.69) is 15.5 Å². The minimum Gasteiger partial charge on any atom is -0.481 e. The summed E-state index contributed by atoms with van der Waals surface area (Å²) in [6, 6.07) is 4.95. The molecule has 0 aliphatic rings. The molecule has 1 N–H and O–H groups in total. The number of methoxy groups -OCH3 is 1. The number of thioether (sulfide) groups is 1. The molecule has 3 aromatic rings. The van der Waals surface area contributed by atoms with Gasteiger partial charge in [-0.2, -0.15) is 0 Å². The van der Waals surface area contributed by atoms with Crippen LogP contribution in [-0.2, 0) is 16.1 Å². The number of carbonyl (C=O) groups is 3. The Morgan fingerprint density at radius 1 is 1.24 bits per heavy atom. The van der Waals surface area contributed by atoms with Crippen molar-refractivity contribution < 1.29 is 23.9 Å². The Bertz CT molecular complexity index is 1360. The summed E-state index contributed by atoms with van der Waals surface area (Å²) >= 11 is 14.4. The van der Waals surface area contributed by atoms with Crippen molar-refractivity contribution in [2.45, 2.75) is 38.6 Å². The Kier molecular flexibility index (Phi) is 10.0. The van der Waals surface area contributed by atoms with E-state index < -0.39 is 12.1 Å². The van der Waals surface area contributed by atoms with Crippen LogP contribution in [0, 0.1) is 6.92 Å². The second-order valence-corrected chi connectivity index (χ2v) is 11.0. The Hall–Kier alpha value is -2.80. The zero-order chi connectivity index (χ0) is 28.1. The van der Waals surface area contributed by atoms with Gasteiger partial charge in [0, 0.05) is 25.7 Å². The summed E-state index contributed by atoms with van der Waals surface area (Å²) in [4.78, 5) is 39.5. The summed E-state index contributed by atoms with van der Waals surface area (Å²) in [5.74, 6) is -0.269. The molecule has 0 aliphatic carbocycles. The molecule has 204 valence electrons. The van der Waals surface area contributed by atoms with Crippen molar-refractivity contribution in [1.82, 2.24) is 19.7 Å². The lowest BCUT2D eigenvalue weighted by Gasteiger charge is -2.16. The summed E-state index contributed by atoms with van der Waals surface area (Å²) < 4.78 is 12.7. The molecule has 0 aliphatic heterocycles. The molecule has 38 heavy (non-hydrogen) atoms. The fourth-order valence-corrected chi connectivity index (χ4v) is 5.96. The van der Waals surface area contributed by atoms with Crippen LogP contribution in [0.15, 0.2) is 23.4 Å². The number of hydrogen-bond donors (Lipinski definition) is 1. The van der Waals surface area contributed by atoms with Crippen molar-refractivity contribution in [1.29, 1.82) is 0 Å². The van der Waals surface area contributed by atoms with Crippen molar-refractivity contribution in [3.8, 4) is 5.75 Å². The third-order valence-corrected chi connectivity index (χ3v) is 8.04. The van der Waals surface area contributed by atoms with Gasteiger partial charge in [0.2, 0.25) is 5.91 Å². The Morgan fingerprint density at radius 3 is 2.55 bits per heavy atom. The number of rotatable bonds is 10. The first-order valence-electron chi connectivity index (χ1n) is 11.4. The average Bonchev–Trinajstić information content (AvgIpc) is 3.43. The summed E-state index contributed by atoms with van der Waals surface area (Å²) in [6.45, 7) is 5.94. The fourth-order valence-electron chi connectivity index (χ4n) is 3.47. The third-order valence-electron chi connectivity index (χ3n) is 5.34. The Balaban J connectivity index is 1.74. The van der Waals surface area contributed by atoms with Crippen molar-refractivity contribution in [3.05, 3.63) is 50.1 Å². The van der Waals surface area contributed by atoms with Gasteiger partial charge in [-0.25, -0.2) is 4.79 Å². The van der Waals surface area contributed by atoms with Gasteiger partial charge in [0.1, 0.15) is 10.8 Å². The number of amides is 2. The second kappa shape index (κ2) is 12.8. The maximum atomic E-state index is 12.8. The molecule has 2 amide bonds. The summed E-state index contributed by atoms with van der Waals surface area (Å²) in [5.41, 5.74) is 0.612. The molecule has 0 saturated heterocycles. The molecule has 0 fully saturated rings. The quantitative estimate of drug-likeness (QED) is 0.245. The van der Waals surface area contributed by atoms with Gasteiger partial charge in [0.05, 0.1) is 28.3 Å². The van der Waals surface area contributed by atoms with Crippen LogP contribution in [0.5, 0.6) is 5.75 Å². The number of anilines is 1. The standard InChI is InChI=1S/C24H27Cl2N5O5S2/c1-7-31-20(13(3)36-16-9-8-14(25)10-15(16)26)28-29-24(31)37-11-17(32)27-21-18(23(34)35-6)12(2)19(38-21)22(33)30(4)5/h8-10,13H,7,11H2,1-6H3,(H,27,32). The number of hydrogen-bond acceptors (Lipinski definition) is 9. The van der Waals surface area contributed by atoms with E-state index in [0.29, 0.717) is 43.8 Å². The van der Waals surface area contributed by atoms with Gasteiger partial charge in [-0.1, -0.05) is 35.0 Å². The molecule has 0 spiro atoms. The van der Waals surface area contributed by atoms with E-state index in [1.54, 1.807) is 39.2 Å². The van der Waals surface area contributed by atoms with E-state index >= 15 is 0 Å². The third kappa shape index (κ3) is 6.60. The van der Waals surface area contributed by atoms with Gasteiger partial charge in [-0.3, -0.25) is 9.59 Å². The number of thiophene rings is 1. The van der Waals surface area contributed by atoms with Crippen LogP contribution < -0.4 is 10.1 Å². The number of nitrogens with one attached hydrogen (secondary N) is 1. The predicted molar refractivity (Wildman–Crippen MR) is 149 cm³/mol. The van der Waals surface area contributed by atoms with Gasteiger partial charge in [-0.15, -0.1) is 21.5 Å². The van der Waals surface area contributed by atoms with E-state index in [0.717, 1.165) is 11.3 Å². The van der Waals surface area contributed by atoms with Crippen molar-refractivity contribution in [2.24, 2.45) is 0 Å². The predicted octanol–water partition coefficient (Wildman–Crippen LogP) is 5.33. The minimum atomic E-state index is -0.635. The average molecular weight is 601 g/mol. The number of nitrogens with zero attached hydrogens (tertiary/aromatic N) is 4. The molecule has 2 heterocycles. The maximum Gasteiger partial charge on any atom is 0.341 e. The lowest BCUT2D eigenvalue weighted by molar-refractivity contribution is -0.113. The van der Waals surface area contributed by atoms with E-state index in [1.807, 2.05) is 18.4 Å². The molecule has 10 nitrogen and oxygen atoms in total. The number of aromatic nitrogens is 3. The summed E-state index contributed by atoms with van der Waals surface area (Å²) in [6.07, 6.45) is -0.478. The number of carbonyl (C=O) groups excluding carboxylic acids is 3. The first-order valence-corrected chi connectivity index (χ1v) is 13.9. The second-order valence-electron chi connectivity index (χ2n) is 8.21. The van der Waals surface area contributed by atoms with E-state index in [1.165, 1.54) is 23.8 Å². The summed E-state index contributed by atoms with van der Waals surface area (Å²) in [7, 11) is 4.47. The zero-order valence-corrected chi connectivity index (χ0v) is 24.8. The molecular weight excluding hydrogens is 573 g/mol. The topological polar surface area (TPSA) is 116 Å². The number of halogens is 2. The normalized spacial score (nSPS) is 11.7. The molecule has 0 bridgehead atoms. The molecule has 3 rings (SSSR count). The number of esters is 1. The first kappa shape index (κ1) is 29.8. The molecule has 1 aromatic carbocycles. The number of benzene rings is 1. The monoisotopic (exact) mass is 599 g/mol. The molecule has 1 atom stereocenters. The van der Waals surface area contributed by atoms with Crippen LogP contribution in [0.2, 0.25) is 10.0 Å². The zero-order valence-electron chi connectivity index (χ0n) is 21.6. The number of ether oxygens (including phenoxy) is 2. The first-order chi connectivity index (χ1) is 18.0. The highest BCUT2D eigenvalue weighted by molar-refractivity contribution is 7.99. The molecule has 14 heteroatoms. The van der Waals surface area contributed by atoms with Crippen LogP contribution in [0.25, 0.3) is 0 Å². The van der Waals surface area contributed by atoms with E-state index in [9.17, 15) is 14.4 Å². The maximum absolute atomic E-state index is 12.8. The molecule has 0 radical (unpaired) electrons. The summed E-state index contributed by atoms with van der Waals surface area (Å²) in [5, 5.41) is 12.9. The Morgan fingerprint density at radius 2 is 1.95 bits per heavy atom. The van der Waals surface area contributed by atoms with Crippen LogP contribution >= 0.6 is 46.3 Å². The Labute approximate surface area is 238 Å². The highest BCUT2D eigenvalue weighted by atomic mass is 35.5. The fraction of sp³-hybridized carbons (Fsp3) is 0.375. The van der Waals surface area contributed by atoms with Crippen molar-refractivity contribution >= 4 is 69.1 Å². The smallest absolute Gasteiger partial charge is 0.341 e. The van der Waals surface area contributed by atoms with Crippen LogP contribution in [0.3, 0.4) is 0 Å². The van der Waals surface area contributed by atoms with Crippen LogP contribution in [-0.4, -0.2) is 64.4 Å². The lowest BCUT2D eigenvalue weighted by Crippen LogP contribution is -2.21. The van der Waals surface area contributed by atoms with Gasteiger partial charge in [0.15, 0.2) is 17.1 Å². The molecule has 0 saturated carbocycles. The minimum absolute atomic E-state index is 0.00902. The van der Waals surface area contributed by atoms with Crippen LogP contribution in [0.4, 0.5) is 5.00 Å². The van der Waals surface area contributed by atoms with Gasteiger partial charge in [0.25, 0.3) is 5.91 Å². The van der Waals surface area contributed by atoms with E-state index in [4.69, 9.17) is 32.7 Å². The van der Waals surface area contributed by atoms with Crippen molar-refractivity contribution in [3.63, 3.8) is 0 Å². The molecule has 2 aromatic heterocycles. The highest BCUT2D eigenvalue weighted by Crippen LogP contribution is 2.35. The largest absolute Gasteiger partial charge is 0.481 e. The molecular formula is C24H27Cl2N5O5S2. The van der Waals surface area contributed by atoms with Gasteiger partial charge >= 0.3 is 5.97 Å². The van der Waals surface area contributed by atoms with Gasteiger partial charge < -0.3 is 24.3 Å². The SMILES string of the molecule is CCn1c(SCC(=O)Nc2sc(C(=O)N(C)C)c(C)c2C(=O)OC)nnc1C(C)Oc1ccc(Cl)cc1Cl. The van der Waals surface area contributed by atoms with Crippen molar-refractivity contribution in [2.75, 3.05) is 32.3 Å². The highest BCUT2D eigenvalue weighted by Gasteiger charge is 2.27. The van der Waals surface area contributed by atoms with E-state index in [-0.39, 0.29) is 28.1 Å². The lowest BCUT2D eigenvalue weighted by atomic mass is 10.1. The van der Waals surface area contributed by atoms with Gasteiger partial charge in [-0.05, 0) is 44.5 Å². The molecule has 1 unspecified atom stereocenters.